The molecule has 0 amide bonds. The molecule has 5 aliphatic rings. The highest BCUT2D eigenvalue weighted by Gasteiger charge is 2.79. The Bertz CT molecular complexity index is 1140. The van der Waals surface area contributed by atoms with Crippen molar-refractivity contribution < 1.29 is 44.3 Å². The number of hydrogen-bond donors (Lipinski definition) is 4. The van der Waals surface area contributed by atoms with Gasteiger partial charge in [0.1, 0.15) is 24.1 Å². The lowest BCUT2D eigenvalue weighted by molar-refractivity contribution is -0.270. The van der Waals surface area contributed by atoms with E-state index in [1.54, 1.807) is 13.8 Å². The van der Waals surface area contributed by atoms with Gasteiger partial charge in [-0.05, 0) is 64.7 Å². The summed E-state index contributed by atoms with van der Waals surface area (Å²) >= 11 is 0. The predicted octanol–water partition coefficient (Wildman–Crippen LogP) is 2.14. The number of aliphatic hydroxyl groups excluding tert-OH is 2. The molecular formula is C30H42O9. The number of ketones is 1. The molecule has 0 saturated heterocycles. The van der Waals surface area contributed by atoms with Gasteiger partial charge in [-0.1, -0.05) is 17.2 Å². The fraction of sp³-hybridized carbons (Fsp3) is 0.767. The third-order valence-electron chi connectivity index (χ3n) is 11.5. The van der Waals surface area contributed by atoms with Gasteiger partial charge in [-0.15, -0.1) is 0 Å². The van der Waals surface area contributed by atoms with Crippen LogP contribution in [-0.4, -0.2) is 74.8 Å². The van der Waals surface area contributed by atoms with Crippen molar-refractivity contribution in [1.82, 2.24) is 0 Å². The first-order valence-electron chi connectivity index (χ1n) is 14.2. The highest BCUT2D eigenvalue weighted by Crippen LogP contribution is 2.70. The summed E-state index contributed by atoms with van der Waals surface area (Å²) in [5.41, 5.74) is -3.85. The van der Waals surface area contributed by atoms with Crippen LogP contribution in [0.1, 0.15) is 79.1 Å². The Morgan fingerprint density at radius 2 is 1.92 bits per heavy atom. The van der Waals surface area contributed by atoms with Crippen LogP contribution < -0.4 is 0 Å². The van der Waals surface area contributed by atoms with Crippen LogP contribution in [0.3, 0.4) is 0 Å². The van der Waals surface area contributed by atoms with Crippen LogP contribution in [0.25, 0.3) is 0 Å². The van der Waals surface area contributed by atoms with Gasteiger partial charge >= 0.3 is 11.9 Å². The molecule has 3 fully saturated rings. The largest absolute Gasteiger partial charge is 0.465 e. The van der Waals surface area contributed by atoms with E-state index in [9.17, 15) is 34.8 Å². The number of fused-ring (bicyclic) bond motifs is 5. The number of allylic oxidation sites excluding steroid dienone is 2. The normalized spacial score (nSPS) is 44.6. The zero-order chi connectivity index (χ0) is 28.5. The molecule has 39 heavy (non-hydrogen) atoms. The summed E-state index contributed by atoms with van der Waals surface area (Å²) in [7, 11) is 0. The molecular weight excluding hydrogens is 504 g/mol. The van der Waals surface area contributed by atoms with E-state index in [0.717, 1.165) is 24.0 Å². The van der Waals surface area contributed by atoms with Gasteiger partial charge in [0.2, 0.25) is 0 Å². The number of aliphatic hydroxyl groups is 4. The standard InChI is InChI=1S/C30H42O9/c1-16-12-23(39-26(35)17(16)2)22(14-31)29(36)13-25(34)30(37)21-9-8-19-6-5-7-24(33)27(19,4)20(21)10-11-28(29,30)15-38-18(3)32/h8,20-23,25,31,34,36-37H,5-7,9-15H2,1-4H3/t20-,21+,22-,23+,25-,27-,28-,29-,30-/m0/s1. The van der Waals surface area contributed by atoms with Crippen molar-refractivity contribution in [2.24, 2.45) is 28.6 Å². The first-order chi connectivity index (χ1) is 18.3. The van der Waals surface area contributed by atoms with E-state index >= 15 is 0 Å². The minimum atomic E-state index is -1.94. The molecule has 0 radical (unpaired) electrons. The molecule has 9 heteroatoms. The number of rotatable bonds is 5. The van der Waals surface area contributed by atoms with E-state index in [4.69, 9.17) is 9.47 Å². The van der Waals surface area contributed by atoms with Crippen molar-refractivity contribution in [3.63, 3.8) is 0 Å². The minimum Gasteiger partial charge on any atom is -0.465 e. The smallest absolute Gasteiger partial charge is 0.333 e. The maximum atomic E-state index is 13.4. The fourth-order valence-corrected chi connectivity index (χ4v) is 9.18. The Labute approximate surface area is 229 Å². The van der Waals surface area contributed by atoms with Gasteiger partial charge in [-0.3, -0.25) is 9.59 Å². The lowest BCUT2D eigenvalue weighted by Crippen LogP contribution is -2.71. The monoisotopic (exact) mass is 546 g/mol. The highest BCUT2D eigenvalue weighted by molar-refractivity contribution is 5.90. The number of hydrogen-bond acceptors (Lipinski definition) is 9. The van der Waals surface area contributed by atoms with E-state index in [1.807, 2.05) is 13.0 Å². The molecule has 1 heterocycles. The minimum absolute atomic E-state index is 0.133. The summed E-state index contributed by atoms with van der Waals surface area (Å²) in [4.78, 5) is 38.0. The van der Waals surface area contributed by atoms with Crippen molar-refractivity contribution in [2.45, 2.75) is 102 Å². The second-order valence-corrected chi connectivity index (χ2v) is 12.9. The van der Waals surface area contributed by atoms with E-state index in [2.05, 4.69) is 0 Å². The second kappa shape index (κ2) is 9.50. The molecule has 0 aromatic carbocycles. The molecule has 0 spiro atoms. The van der Waals surface area contributed by atoms with Crippen LogP contribution in [0.5, 0.6) is 0 Å². The van der Waals surface area contributed by atoms with Crippen LogP contribution >= 0.6 is 0 Å². The second-order valence-electron chi connectivity index (χ2n) is 12.9. The molecule has 216 valence electrons. The third kappa shape index (κ3) is 3.69. The SMILES string of the molecule is CC(=O)OC[C@]12CC[C@H]3[C@@H](CC=C4CCCC(=O)[C@@]43C)[C@]1(O)[C@@H](O)C[C@]2(O)[C@@H](CO)[C@H]1CC(C)=C(C)C(=O)O1. The molecule has 5 rings (SSSR count). The molecule has 0 aromatic rings. The molecule has 1 aliphatic heterocycles. The fourth-order valence-electron chi connectivity index (χ4n) is 9.18. The number of ether oxygens (including phenoxy) is 2. The highest BCUT2D eigenvalue weighted by atomic mass is 16.5. The third-order valence-corrected chi connectivity index (χ3v) is 11.5. The van der Waals surface area contributed by atoms with Crippen LogP contribution in [0, 0.1) is 28.6 Å². The number of esters is 2. The molecule has 0 aromatic heterocycles. The Morgan fingerprint density at radius 3 is 2.56 bits per heavy atom. The zero-order valence-corrected chi connectivity index (χ0v) is 23.4. The van der Waals surface area contributed by atoms with E-state index in [1.165, 1.54) is 6.92 Å². The molecule has 9 atom stereocenters. The van der Waals surface area contributed by atoms with Crippen molar-refractivity contribution in [2.75, 3.05) is 13.2 Å². The number of carbonyl (C=O) groups is 3. The van der Waals surface area contributed by atoms with Crippen molar-refractivity contribution in [1.29, 1.82) is 0 Å². The van der Waals surface area contributed by atoms with Crippen LogP contribution in [0.4, 0.5) is 0 Å². The molecule has 4 N–H and O–H groups in total. The zero-order valence-electron chi connectivity index (χ0n) is 23.4. The van der Waals surface area contributed by atoms with E-state index in [0.29, 0.717) is 24.8 Å². The van der Waals surface area contributed by atoms with Gasteiger partial charge in [-0.25, -0.2) is 4.79 Å². The summed E-state index contributed by atoms with van der Waals surface area (Å²) < 4.78 is 11.2. The quantitative estimate of drug-likeness (QED) is 0.300. The molecule has 3 saturated carbocycles. The first kappa shape index (κ1) is 28.5. The summed E-state index contributed by atoms with van der Waals surface area (Å²) in [6, 6.07) is 0. The average molecular weight is 547 g/mol. The summed E-state index contributed by atoms with van der Waals surface area (Å²) in [6.07, 6.45) is 2.81. The molecule has 0 bridgehead atoms. The van der Waals surface area contributed by atoms with Gasteiger partial charge in [0.05, 0.1) is 29.1 Å². The average Bonchev–Trinajstić information content (AvgIpc) is 3.05. The lowest BCUT2D eigenvalue weighted by atomic mass is 9.44. The topological polar surface area (TPSA) is 151 Å². The van der Waals surface area contributed by atoms with Gasteiger partial charge in [0.15, 0.2) is 0 Å². The Hall–Kier alpha value is -2.07. The Kier molecular flexibility index (Phi) is 6.93. The number of cyclic esters (lactones) is 1. The summed E-state index contributed by atoms with van der Waals surface area (Å²) in [5.74, 6) is -2.90. The van der Waals surface area contributed by atoms with Crippen LogP contribution in [-0.2, 0) is 23.9 Å². The van der Waals surface area contributed by atoms with Crippen LogP contribution in [0.15, 0.2) is 22.8 Å². The molecule has 0 unspecified atom stereocenters. The van der Waals surface area contributed by atoms with E-state index in [-0.39, 0.29) is 37.6 Å². The summed E-state index contributed by atoms with van der Waals surface area (Å²) in [6.45, 7) is 5.71. The number of carbonyl (C=O) groups excluding carboxylic acids is 3. The van der Waals surface area contributed by atoms with Gasteiger partial charge in [0, 0.05) is 37.7 Å². The van der Waals surface area contributed by atoms with Crippen molar-refractivity contribution in [3.8, 4) is 0 Å². The van der Waals surface area contributed by atoms with Crippen LogP contribution in [0.2, 0.25) is 0 Å². The first-order valence-corrected chi connectivity index (χ1v) is 14.2. The van der Waals surface area contributed by atoms with Crippen molar-refractivity contribution >= 4 is 17.7 Å². The number of Topliss-reactive ketones (excluding diaryl/α,β-unsaturated/α-hetero) is 1. The van der Waals surface area contributed by atoms with Gasteiger partial charge in [-0.2, -0.15) is 0 Å². The lowest BCUT2D eigenvalue weighted by Gasteiger charge is -2.63. The summed E-state index contributed by atoms with van der Waals surface area (Å²) in [5, 5.41) is 47.7. The van der Waals surface area contributed by atoms with E-state index < -0.39 is 64.6 Å². The molecule has 4 aliphatic carbocycles. The maximum absolute atomic E-state index is 13.4. The van der Waals surface area contributed by atoms with Crippen molar-refractivity contribution in [3.05, 3.63) is 22.8 Å². The van der Waals surface area contributed by atoms with Gasteiger partial charge in [0.25, 0.3) is 0 Å². The molecule has 9 nitrogen and oxygen atoms in total. The maximum Gasteiger partial charge on any atom is 0.333 e. The Morgan fingerprint density at radius 1 is 1.21 bits per heavy atom. The van der Waals surface area contributed by atoms with Gasteiger partial charge < -0.3 is 29.9 Å². The Balaban J connectivity index is 1.63. The predicted molar refractivity (Wildman–Crippen MR) is 139 cm³/mol.